The Morgan fingerprint density at radius 1 is 1.29 bits per heavy atom. The zero-order chi connectivity index (χ0) is 12.5. The predicted molar refractivity (Wildman–Crippen MR) is 57.5 cm³/mol. The molecule has 92 valence electrons. The van der Waals surface area contributed by atoms with Gasteiger partial charge in [0.2, 0.25) is 0 Å². The molecule has 0 aromatic heterocycles. The molecule has 1 aliphatic heterocycles. The third kappa shape index (κ3) is 2.02. The number of halogens is 2. The minimum absolute atomic E-state index is 0.267. The van der Waals surface area contributed by atoms with E-state index in [1.54, 1.807) is 0 Å². The van der Waals surface area contributed by atoms with Crippen molar-refractivity contribution in [2.45, 2.75) is 24.8 Å². The number of carbonyl (C=O) groups is 1. The van der Waals surface area contributed by atoms with Crippen LogP contribution in [0.15, 0.2) is 18.2 Å². The van der Waals surface area contributed by atoms with Crippen LogP contribution in [0.4, 0.5) is 8.78 Å². The number of carboxylic acids is 1. The topological polar surface area (TPSA) is 49.3 Å². The lowest BCUT2D eigenvalue weighted by molar-refractivity contribution is -0.146. The third-order valence-electron chi connectivity index (χ3n) is 3.18. The van der Waals surface area contributed by atoms with E-state index in [0.29, 0.717) is 13.0 Å². The van der Waals surface area contributed by atoms with Crippen LogP contribution in [-0.4, -0.2) is 17.6 Å². The second-order valence-corrected chi connectivity index (χ2v) is 4.22. The third-order valence-corrected chi connectivity index (χ3v) is 3.18. The van der Waals surface area contributed by atoms with Crippen LogP contribution in [0.5, 0.6) is 0 Å². The number of piperidine rings is 1. The predicted octanol–water partition coefficient (Wildman–Crippen LogP) is 2.02. The van der Waals surface area contributed by atoms with Crippen LogP contribution in [0.2, 0.25) is 0 Å². The van der Waals surface area contributed by atoms with Crippen molar-refractivity contribution in [1.82, 2.24) is 5.32 Å². The summed E-state index contributed by atoms with van der Waals surface area (Å²) in [5.74, 6) is -3.04. The van der Waals surface area contributed by atoms with Crippen molar-refractivity contribution in [2.24, 2.45) is 0 Å². The van der Waals surface area contributed by atoms with Gasteiger partial charge in [0.25, 0.3) is 0 Å². The Bertz CT molecular complexity index is 442. The van der Waals surface area contributed by atoms with Crippen LogP contribution >= 0.6 is 0 Å². The smallest absolute Gasteiger partial charge is 0.328 e. The summed E-state index contributed by atoms with van der Waals surface area (Å²) >= 11 is 0. The summed E-state index contributed by atoms with van der Waals surface area (Å²) in [4.78, 5) is 11.4. The molecular weight excluding hydrogens is 228 g/mol. The van der Waals surface area contributed by atoms with E-state index in [1.807, 2.05) is 0 Å². The molecule has 1 atom stereocenters. The van der Waals surface area contributed by atoms with Gasteiger partial charge in [-0.3, -0.25) is 5.32 Å². The minimum atomic E-state index is -1.28. The molecule has 2 rings (SSSR count). The van der Waals surface area contributed by atoms with E-state index in [2.05, 4.69) is 5.32 Å². The van der Waals surface area contributed by atoms with Crippen LogP contribution in [-0.2, 0) is 10.3 Å². The van der Waals surface area contributed by atoms with Gasteiger partial charge in [-0.2, -0.15) is 0 Å². The monoisotopic (exact) mass is 241 g/mol. The fourth-order valence-electron chi connectivity index (χ4n) is 2.22. The highest BCUT2D eigenvalue weighted by atomic mass is 19.2. The van der Waals surface area contributed by atoms with E-state index in [-0.39, 0.29) is 5.56 Å². The molecule has 5 heteroatoms. The van der Waals surface area contributed by atoms with E-state index < -0.39 is 23.1 Å². The SMILES string of the molecule is O=C(O)C1(c2ccc(F)c(F)c2)CCCCN1. The molecule has 0 amide bonds. The molecular formula is C12H13F2NO2. The first-order valence-electron chi connectivity index (χ1n) is 5.50. The number of aliphatic carboxylic acids is 1. The van der Waals surface area contributed by atoms with Gasteiger partial charge in [-0.15, -0.1) is 0 Å². The van der Waals surface area contributed by atoms with Gasteiger partial charge in [-0.05, 0) is 43.5 Å². The largest absolute Gasteiger partial charge is 0.480 e. The summed E-state index contributed by atoms with van der Waals surface area (Å²) in [6.07, 6.45) is 2.02. The number of hydrogen-bond donors (Lipinski definition) is 2. The fourth-order valence-corrected chi connectivity index (χ4v) is 2.22. The lowest BCUT2D eigenvalue weighted by atomic mass is 9.82. The Hall–Kier alpha value is -1.49. The second kappa shape index (κ2) is 4.41. The zero-order valence-corrected chi connectivity index (χ0v) is 9.17. The Morgan fingerprint density at radius 3 is 2.59 bits per heavy atom. The Labute approximate surface area is 97.5 Å². The molecule has 0 aliphatic carbocycles. The molecule has 17 heavy (non-hydrogen) atoms. The molecule has 2 N–H and O–H groups in total. The van der Waals surface area contributed by atoms with Crippen molar-refractivity contribution < 1.29 is 18.7 Å². The normalized spacial score (nSPS) is 24.6. The maximum absolute atomic E-state index is 13.2. The van der Waals surface area contributed by atoms with Crippen molar-refractivity contribution >= 4 is 5.97 Å². The number of benzene rings is 1. The molecule has 0 saturated carbocycles. The summed E-state index contributed by atoms with van der Waals surface area (Å²) in [5.41, 5.74) is -1.02. The quantitative estimate of drug-likeness (QED) is 0.832. The van der Waals surface area contributed by atoms with Crippen molar-refractivity contribution in [3.05, 3.63) is 35.4 Å². The Morgan fingerprint density at radius 2 is 2.06 bits per heavy atom. The van der Waals surface area contributed by atoms with Crippen molar-refractivity contribution in [3.8, 4) is 0 Å². The van der Waals surface area contributed by atoms with Crippen LogP contribution < -0.4 is 5.32 Å². The molecule has 3 nitrogen and oxygen atoms in total. The van der Waals surface area contributed by atoms with Gasteiger partial charge in [0, 0.05) is 0 Å². The van der Waals surface area contributed by atoms with E-state index in [9.17, 15) is 18.7 Å². The van der Waals surface area contributed by atoms with Gasteiger partial charge >= 0.3 is 5.97 Å². The number of rotatable bonds is 2. The van der Waals surface area contributed by atoms with Crippen LogP contribution in [0.25, 0.3) is 0 Å². The lowest BCUT2D eigenvalue weighted by Gasteiger charge is -2.34. The van der Waals surface area contributed by atoms with Crippen molar-refractivity contribution in [2.75, 3.05) is 6.54 Å². The number of nitrogens with one attached hydrogen (secondary N) is 1. The average Bonchev–Trinajstić information content (AvgIpc) is 2.33. The zero-order valence-electron chi connectivity index (χ0n) is 9.17. The van der Waals surface area contributed by atoms with E-state index in [1.165, 1.54) is 6.07 Å². The Balaban J connectivity index is 2.45. The Kier molecular flexibility index (Phi) is 3.11. The summed E-state index contributed by atoms with van der Waals surface area (Å²) in [6.45, 7) is 0.561. The van der Waals surface area contributed by atoms with Crippen molar-refractivity contribution in [3.63, 3.8) is 0 Å². The van der Waals surface area contributed by atoms with Gasteiger partial charge in [0.05, 0.1) is 0 Å². The first-order valence-corrected chi connectivity index (χ1v) is 5.50. The van der Waals surface area contributed by atoms with Crippen LogP contribution in [0.1, 0.15) is 24.8 Å². The highest BCUT2D eigenvalue weighted by Gasteiger charge is 2.41. The molecule has 1 fully saturated rings. The van der Waals surface area contributed by atoms with E-state index in [4.69, 9.17) is 0 Å². The highest BCUT2D eigenvalue weighted by molar-refractivity contribution is 5.81. The van der Waals surface area contributed by atoms with Gasteiger partial charge in [0.1, 0.15) is 5.54 Å². The first-order chi connectivity index (χ1) is 8.06. The number of carboxylic acid groups (broad SMARTS) is 1. The van der Waals surface area contributed by atoms with Gasteiger partial charge in [-0.1, -0.05) is 6.07 Å². The number of hydrogen-bond acceptors (Lipinski definition) is 2. The maximum Gasteiger partial charge on any atom is 0.328 e. The first kappa shape index (κ1) is 12.0. The van der Waals surface area contributed by atoms with Gasteiger partial charge in [-0.25, -0.2) is 13.6 Å². The maximum atomic E-state index is 13.2. The molecule has 1 saturated heterocycles. The molecule has 0 bridgehead atoms. The van der Waals surface area contributed by atoms with Crippen molar-refractivity contribution in [1.29, 1.82) is 0 Å². The van der Waals surface area contributed by atoms with E-state index in [0.717, 1.165) is 25.0 Å². The van der Waals surface area contributed by atoms with Crippen LogP contribution in [0, 0.1) is 11.6 Å². The molecule has 1 aliphatic rings. The van der Waals surface area contributed by atoms with E-state index >= 15 is 0 Å². The van der Waals surface area contributed by atoms with Crippen LogP contribution in [0.3, 0.4) is 0 Å². The molecule has 1 unspecified atom stereocenters. The summed E-state index contributed by atoms with van der Waals surface area (Å²) in [7, 11) is 0. The molecule has 1 aromatic carbocycles. The molecule has 1 heterocycles. The highest BCUT2D eigenvalue weighted by Crippen LogP contribution is 2.31. The fraction of sp³-hybridized carbons (Fsp3) is 0.417. The average molecular weight is 241 g/mol. The summed E-state index contributed by atoms with van der Waals surface area (Å²) in [6, 6.07) is 3.25. The molecule has 0 spiro atoms. The second-order valence-electron chi connectivity index (χ2n) is 4.22. The molecule has 1 aromatic rings. The standard InChI is InChI=1S/C12H13F2NO2/c13-9-4-3-8(7-10(9)14)12(11(16)17)5-1-2-6-15-12/h3-4,7,15H,1-2,5-6H2,(H,16,17). The summed E-state index contributed by atoms with van der Waals surface area (Å²) < 4.78 is 26.0. The van der Waals surface area contributed by atoms with Gasteiger partial charge in [0.15, 0.2) is 11.6 Å². The lowest BCUT2D eigenvalue weighted by Crippen LogP contribution is -2.52. The molecule has 0 radical (unpaired) electrons. The summed E-state index contributed by atoms with van der Waals surface area (Å²) in [5, 5.41) is 12.2. The van der Waals surface area contributed by atoms with Gasteiger partial charge < -0.3 is 5.11 Å². The minimum Gasteiger partial charge on any atom is -0.480 e.